The summed E-state index contributed by atoms with van der Waals surface area (Å²) >= 11 is 0. The van der Waals surface area contributed by atoms with Gasteiger partial charge in [-0.15, -0.1) is 0 Å². The minimum absolute atomic E-state index is 0.0863. The third-order valence-corrected chi connectivity index (χ3v) is 6.44. The lowest BCUT2D eigenvalue weighted by Crippen LogP contribution is -2.53. The van der Waals surface area contributed by atoms with Crippen LogP contribution in [0.5, 0.6) is 0 Å². The number of esters is 1. The molecule has 5 atom stereocenters. The Hall–Kier alpha value is -2.41. The van der Waals surface area contributed by atoms with Gasteiger partial charge in [0.1, 0.15) is 6.04 Å². The van der Waals surface area contributed by atoms with Crippen molar-refractivity contribution < 1.29 is 24.2 Å². The molecule has 1 aromatic rings. The maximum Gasteiger partial charge on any atom is 0.407 e. The van der Waals surface area contributed by atoms with E-state index in [1.54, 1.807) is 13.8 Å². The summed E-state index contributed by atoms with van der Waals surface area (Å²) in [4.78, 5) is 38.8. The number of rotatable bonds is 9. The summed E-state index contributed by atoms with van der Waals surface area (Å²) in [5.41, 5.74) is 1.11. The summed E-state index contributed by atoms with van der Waals surface area (Å²) in [6.07, 6.45) is 3.03. The van der Waals surface area contributed by atoms with E-state index in [9.17, 15) is 19.5 Å². The van der Waals surface area contributed by atoms with Crippen molar-refractivity contribution >= 4 is 17.8 Å². The summed E-state index contributed by atoms with van der Waals surface area (Å²) in [6.45, 7) is 4.17. The van der Waals surface area contributed by atoms with Gasteiger partial charge >= 0.3 is 12.1 Å². The molecular weight excluding hydrogens is 384 g/mol. The summed E-state index contributed by atoms with van der Waals surface area (Å²) in [5.74, 6) is -0.182. The molecule has 0 spiro atoms. The minimum atomic E-state index is -1.04. The summed E-state index contributed by atoms with van der Waals surface area (Å²) in [5, 5.41) is 12.7. The molecule has 3 unspecified atom stereocenters. The molecule has 2 aliphatic rings. The molecular formula is C23H32N2O5. The van der Waals surface area contributed by atoms with E-state index in [0.29, 0.717) is 19.4 Å². The van der Waals surface area contributed by atoms with Crippen LogP contribution in [-0.4, -0.2) is 59.1 Å². The number of fused-ring (bicyclic) bond motifs is 1. The number of carbonyl (C=O) groups excluding carboxylic acids is 2. The first-order valence-corrected chi connectivity index (χ1v) is 10.9. The van der Waals surface area contributed by atoms with E-state index in [1.807, 2.05) is 30.3 Å². The number of ether oxygens (including phenoxy) is 1. The number of Topliss-reactive ketones (excluding diaryl/α,β-unsaturated/α-hetero) is 1. The van der Waals surface area contributed by atoms with Gasteiger partial charge in [0.25, 0.3) is 0 Å². The SMILES string of the molecule is CCOC(=O)[C@H](CCc1ccccc1)N[C@@H](C)C(=O)C1C2CCCC2CN1C(=O)O. The third kappa shape index (κ3) is 5.01. The first-order valence-electron chi connectivity index (χ1n) is 10.9. The highest BCUT2D eigenvalue weighted by Crippen LogP contribution is 2.42. The van der Waals surface area contributed by atoms with Crippen LogP contribution >= 0.6 is 0 Å². The maximum absolute atomic E-state index is 13.3. The first-order chi connectivity index (χ1) is 14.4. The van der Waals surface area contributed by atoms with Crippen molar-refractivity contribution in [1.82, 2.24) is 10.2 Å². The van der Waals surface area contributed by atoms with Crippen LogP contribution in [0.1, 0.15) is 45.1 Å². The zero-order chi connectivity index (χ0) is 21.7. The minimum Gasteiger partial charge on any atom is -0.465 e. The number of hydrogen-bond donors (Lipinski definition) is 2. The van der Waals surface area contributed by atoms with Gasteiger partial charge in [-0.2, -0.15) is 0 Å². The molecule has 1 aromatic carbocycles. The number of carbonyl (C=O) groups is 3. The third-order valence-electron chi connectivity index (χ3n) is 6.44. The monoisotopic (exact) mass is 416 g/mol. The molecule has 1 amide bonds. The summed E-state index contributed by atoms with van der Waals surface area (Å²) in [6, 6.07) is 7.96. The summed E-state index contributed by atoms with van der Waals surface area (Å²) < 4.78 is 5.21. The molecule has 164 valence electrons. The van der Waals surface area contributed by atoms with Crippen LogP contribution < -0.4 is 5.32 Å². The number of nitrogens with one attached hydrogen (secondary N) is 1. The molecule has 1 saturated carbocycles. The lowest BCUT2D eigenvalue weighted by Gasteiger charge is -2.29. The molecule has 1 heterocycles. The number of likely N-dealkylation sites (tertiary alicyclic amines) is 1. The van der Waals surface area contributed by atoms with Gasteiger partial charge in [-0.25, -0.2) is 4.79 Å². The molecule has 1 saturated heterocycles. The molecule has 0 radical (unpaired) electrons. The van der Waals surface area contributed by atoms with E-state index in [0.717, 1.165) is 24.8 Å². The smallest absolute Gasteiger partial charge is 0.407 e. The standard InChI is InChI=1S/C23H32N2O5/c1-3-30-22(27)19(13-12-16-8-5-4-6-9-16)24-15(2)21(26)20-18-11-7-10-17(18)14-25(20)23(28)29/h4-6,8-9,15,17-20,24H,3,7,10-14H2,1-2H3,(H,28,29)/t15-,17?,18?,19-,20?/m0/s1. The average Bonchev–Trinajstić information content (AvgIpc) is 3.32. The van der Waals surface area contributed by atoms with Gasteiger partial charge in [-0.3, -0.25) is 19.8 Å². The van der Waals surface area contributed by atoms with Crippen molar-refractivity contribution in [3.63, 3.8) is 0 Å². The Kier molecular flexibility index (Phi) is 7.48. The van der Waals surface area contributed by atoms with E-state index < -0.39 is 24.2 Å². The van der Waals surface area contributed by atoms with E-state index in [4.69, 9.17) is 4.74 Å². The predicted molar refractivity (Wildman–Crippen MR) is 112 cm³/mol. The van der Waals surface area contributed by atoms with Crippen LogP contribution in [0.25, 0.3) is 0 Å². The molecule has 7 nitrogen and oxygen atoms in total. The van der Waals surface area contributed by atoms with Crippen LogP contribution in [0.3, 0.4) is 0 Å². The molecule has 1 aliphatic heterocycles. The quantitative estimate of drug-likeness (QED) is 0.601. The fourth-order valence-corrected chi connectivity index (χ4v) is 4.97. The average molecular weight is 417 g/mol. The zero-order valence-corrected chi connectivity index (χ0v) is 17.8. The van der Waals surface area contributed by atoms with E-state index in [2.05, 4.69) is 5.32 Å². The Labute approximate surface area is 177 Å². The van der Waals surface area contributed by atoms with E-state index in [1.165, 1.54) is 4.90 Å². The van der Waals surface area contributed by atoms with Gasteiger partial charge in [0.2, 0.25) is 0 Å². The van der Waals surface area contributed by atoms with Crippen molar-refractivity contribution in [2.45, 2.75) is 64.1 Å². The molecule has 3 rings (SSSR count). The largest absolute Gasteiger partial charge is 0.465 e. The Bertz CT molecular complexity index is 753. The molecule has 1 aliphatic carbocycles. The number of carboxylic acid groups (broad SMARTS) is 1. The number of amides is 1. The molecule has 7 heteroatoms. The fourth-order valence-electron chi connectivity index (χ4n) is 4.97. The highest BCUT2D eigenvalue weighted by Gasteiger charge is 2.50. The van der Waals surface area contributed by atoms with Crippen LogP contribution in [0.2, 0.25) is 0 Å². The molecule has 0 bridgehead atoms. The van der Waals surface area contributed by atoms with Crippen molar-refractivity contribution in [2.24, 2.45) is 11.8 Å². The van der Waals surface area contributed by atoms with Crippen molar-refractivity contribution in [3.8, 4) is 0 Å². The second-order valence-electron chi connectivity index (χ2n) is 8.35. The predicted octanol–water partition coefficient (Wildman–Crippen LogP) is 2.88. The van der Waals surface area contributed by atoms with Crippen LogP contribution in [0.15, 0.2) is 30.3 Å². The number of benzene rings is 1. The molecule has 2 N–H and O–H groups in total. The Morgan fingerprint density at radius 1 is 1.23 bits per heavy atom. The van der Waals surface area contributed by atoms with Gasteiger partial charge in [-0.1, -0.05) is 36.8 Å². The fraction of sp³-hybridized carbons (Fsp3) is 0.609. The second kappa shape index (κ2) is 10.1. The van der Waals surface area contributed by atoms with Crippen LogP contribution in [0, 0.1) is 11.8 Å². The zero-order valence-electron chi connectivity index (χ0n) is 17.8. The van der Waals surface area contributed by atoms with Crippen LogP contribution in [-0.2, 0) is 20.7 Å². The lowest BCUT2D eigenvalue weighted by molar-refractivity contribution is -0.146. The van der Waals surface area contributed by atoms with Gasteiger partial charge < -0.3 is 9.84 Å². The highest BCUT2D eigenvalue weighted by atomic mass is 16.5. The lowest BCUT2D eigenvalue weighted by atomic mass is 9.89. The highest BCUT2D eigenvalue weighted by molar-refractivity contribution is 5.92. The van der Waals surface area contributed by atoms with Gasteiger partial charge in [0.05, 0.1) is 18.7 Å². The van der Waals surface area contributed by atoms with Crippen LogP contribution in [0.4, 0.5) is 4.79 Å². The Balaban J connectivity index is 1.68. The van der Waals surface area contributed by atoms with Gasteiger partial charge in [-0.05, 0) is 56.9 Å². The second-order valence-corrected chi connectivity index (χ2v) is 8.35. The topological polar surface area (TPSA) is 95.9 Å². The molecule has 2 fully saturated rings. The Morgan fingerprint density at radius 2 is 1.97 bits per heavy atom. The number of hydrogen-bond acceptors (Lipinski definition) is 5. The normalized spacial score (nSPS) is 24.9. The van der Waals surface area contributed by atoms with Crippen molar-refractivity contribution in [2.75, 3.05) is 13.2 Å². The van der Waals surface area contributed by atoms with E-state index in [-0.39, 0.29) is 30.2 Å². The van der Waals surface area contributed by atoms with Crippen molar-refractivity contribution in [3.05, 3.63) is 35.9 Å². The molecule has 30 heavy (non-hydrogen) atoms. The van der Waals surface area contributed by atoms with Gasteiger partial charge in [0, 0.05) is 6.54 Å². The maximum atomic E-state index is 13.3. The van der Waals surface area contributed by atoms with E-state index >= 15 is 0 Å². The number of ketones is 1. The summed E-state index contributed by atoms with van der Waals surface area (Å²) in [7, 11) is 0. The van der Waals surface area contributed by atoms with Gasteiger partial charge in [0.15, 0.2) is 5.78 Å². The first kappa shape index (κ1) is 22.3. The Morgan fingerprint density at radius 3 is 2.63 bits per heavy atom. The van der Waals surface area contributed by atoms with Crippen molar-refractivity contribution in [1.29, 1.82) is 0 Å². The number of nitrogens with zero attached hydrogens (tertiary/aromatic N) is 1. The molecule has 0 aromatic heterocycles. The number of aryl methyl sites for hydroxylation is 1.